The molecule has 2 N–H and O–H groups in total. The first-order valence-electron chi connectivity index (χ1n) is 9.18. The molecule has 0 spiro atoms. The second-order valence-corrected chi connectivity index (χ2v) is 8.59. The average Bonchev–Trinajstić information content (AvgIpc) is 3.39. The number of thiophene rings is 2. The molecule has 5 rings (SSSR count). The van der Waals surface area contributed by atoms with E-state index in [-0.39, 0.29) is 5.56 Å². The Bertz CT molecular complexity index is 1130. The Kier molecular flexibility index (Phi) is 4.63. The van der Waals surface area contributed by atoms with E-state index < -0.39 is 0 Å². The summed E-state index contributed by atoms with van der Waals surface area (Å²) in [6, 6.07) is 5.88. The van der Waals surface area contributed by atoms with Crippen LogP contribution in [0.1, 0.15) is 5.82 Å². The average molecular weight is 412 g/mol. The van der Waals surface area contributed by atoms with E-state index in [1.54, 1.807) is 35.1 Å². The van der Waals surface area contributed by atoms with Gasteiger partial charge in [0.05, 0.1) is 31.6 Å². The van der Waals surface area contributed by atoms with E-state index >= 15 is 0 Å². The Labute approximate surface area is 169 Å². The molecule has 1 aliphatic rings. The van der Waals surface area contributed by atoms with Gasteiger partial charge in [-0.3, -0.25) is 4.79 Å². The van der Waals surface area contributed by atoms with E-state index in [4.69, 9.17) is 4.98 Å². The van der Waals surface area contributed by atoms with Crippen molar-refractivity contribution in [2.45, 2.75) is 6.54 Å². The molecule has 7 nitrogen and oxygen atoms in total. The highest BCUT2D eigenvalue weighted by Crippen LogP contribution is 2.33. The van der Waals surface area contributed by atoms with Crippen molar-refractivity contribution in [3.05, 3.63) is 57.5 Å². The quantitative estimate of drug-likeness (QED) is 0.531. The van der Waals surface area contributed by atoms with Gasteiger partial charge in [-0.05, 0) is 17.5 Å². The molecule has 0 radical (unpaired) electrons. The highest BCUT2D eigenvalue weighted by molar-refractivity contribution is 7.18. The minimum absolute atomic E-state index is 0.0413. The summed E-state index contributed by atoms with van der Waals surface area (Å²) in [5, 5.41) is 4.77. The molecule has 0 amide bonds. The minimum Gasteiger partial charge on any atom is -0.330 e. The van der Waals surface area contributed by atoms with E-state index in [9.17, 15) is 4.79 Å². The maximum Gasteiger partial charge on any atom is 0.260 e. The van der Waals surface area contributed by atoms with Crippen molar-refractivity contribution in [2.75, 3.05) is 31.1 Å². The highest BCUT2D eigenvalue weighted by Gasteiger charge is 2.23. The number of hydrogen-bond acceptors (Lipinski definition) is 7. The Balaban J connectivity index is 1.32. The molecule has 28 heavy (non-hydrogen) atoms. The van der Waals surface area contributed by atoms with Crippen LogP contribution in [0.2, 0.25) is 0 Å². The maximum atomic E-state index is 12.7. The van der Waals surface area contributed by atoms with Gasteiger partial charge in [0.2, 0.25) is 5.95 Å². The van der Waals surface area contributed by atoms with Gasteiger partial charge in [0.1, 0.15) is 11.4 Å². The van der Waals surface area contributed by atoms with Crippen LogP contribution >= 0.6 is 22.7 Å². The molecule has 0 aromatic carbocycles. The van der Waals surface area contributed by atoms with Gasteiger partial charge in [-0.15, -0.1) is 22.7 Å². The molecule has 1 fully saturated rings. The van der Waals surface area contributed by atoms with Crippen LogP contribution in [0.15, 0.2) is 46.1 Å². The lowest BCUT2D eigenvalue weighted by Crippen LogP contribution is -3.13. The summed E-state index contributed by atoms with van der Waals surface area (Å²) in [6.07, 6.45) is 3.55. The Morgan fingerprint density at radius 2 is 1.96 bits per heavy atom. The number of anilines is 1. The molecule has 1 aliphatic heterocycles. The minimum atomic E-state index is -0.0413. The second-order valence-electron chi connectivity index (χ2n) is 6.78. The van der Waals surface area contributed by atoms with Crippen molar-refractivity contribution in [2.24, 2.45) is 0 Å². The lowest BCUT2D eigenvalue weighted by molar-refractivity contribution is -0.915. The molecule has 0 unspecified atom stereocenters. The number of piperazine rings is 1. The number of nitrogens with zero attached hydrogens (tertiary/aromatic N) is 4. The number of nitrogens with one attached hydrogen (secondary N) is 2. The molecule has 4 aromatic heterocycles. The molecule has 4 aromatic rings. The Hall–Kier alpha value is -2.62. The lowest BCUT2D eigenvalue weighted by atomic mass is 10.2. The number of fused-ring (bicyclic) bond motifs is 1. The van der Waals surface area contributed by atoms with E-state index in [1.165, 1.54) is 4.90 Å². The summed E-state index contributed by atoms with van der Waals surface area (Å²) >= 11 is 3.18. The zero-order valence-corrected chi connectivity index (χ0v) is 16.7. The summed E-state index contributed by atoms with van der Waals surface area (Å²) in [5.41, 5.74) is 0.944. The van der Waals surface area contributed by atoms with Crippen LogP contribution in [0, 0.1) is 0 Å². The molecular formula is C19H19N6OS2+. The second kappa shape index (κ2) is 7.42. The number of aromatic amines is 1. The third-order valence-electron chi connectivity index (χ3n) is 5.00. The number of rotatable bonds is 4. The van der Waals surface area contributed by atoms with Gasteiger partial charge in [0, 0.05) is 28.2 Å². The Morgan fingerprint density at radius 3 is 2.71 bits per heavy atom. The first-order valence-corrected chi connectivity index (χ1v) is 10.9. The van der Waals surface area contributed by atoms with Crippen LogP contribution in [0.5, 0.6) is 0 Å². The lowest BCUT2D eigenvalue weighted by Gasteiger charge is -2.31. The predicted octanol–water partition coefficient (Wildman–Crippen LogP) is 1.41. The van der Waals surface area contributed by atoms with Crippen molar-refractivity contribution < 1.29 is 4.90 Å². The predicted molar refractivity (Wildman–Crippen MR) is 112 cm³/mol. The highest BCUT2D eigenvalue weighted by atomic mass is 32.1. The number of aromatic nitrogens is 4. The SMILES string of the molecule is O=c1[nH]c(C[NH+]2CCN(c3ncccn3)CC2)nc2scc(-c3cccs3)c12. The zero-order valence-electron chi connectivity index (χ0n) is 15.1. The van der Waals surface area contributed by atoms with E-state index in [2.05, 4.69) is 19.9 Å². The summed E-state index contributed by atoms with van der Waals surface area (Å²) in [5.74, 6) is 1.55. The molecule has 0 aliphatic carbocycles. The molecule has 5 heterocycles. The Morgan fingerprint density at radius 1 is 1.14 bits per heavy atom. The van der Waals surface area contributed by atoms with Crippen LogP contribution in [0.4, 0.5) is 5.95 Å². The van der Waals surface area contributed by atoms with E-state index in [0.29, 0.717) is 5.39 Å². The monoisotopic (exact) mass is 411 g/mol. The summed E-state index contributed by atoms with van der Waals surface area (Å²) < 4.78 is 0. The first-order chi connectivity index (χ1) is 13.8. The topological polar surface area (TPSA) is 79.2 Å². The van der Waals surface area contributed by atoms with Gasteiger partial charge in [0.25, 0.3) is 5.56 Å². The molecule has 0 bridgehead atoms. The van der Waals surface area contributed by atoms with Crippen LogP contribution in [0.3, 0.4) is 0 Å². The fraction of sp³-hybridized carbons (Fsp3) is 0.263. The van der Waals surface area contributed by atoms with Crippen molar-refractivity contribution in [1.29, 1.82) is 0 Å². The van der Waals surface area contributed by atoms with Crippen LogP contribution in [-0.2, 0) is 6.54 Å². The van der Waals surface area contributed by atoms with Crippen LogP contribution in [0.25, 0.3) is 20.7 Å². The van der Waals surface area contributed by atoms with Gasteiger partial charge in [-0.2, -0.15) is 0 Å². The third-order valence-corrected chi connectivity index (χ3v) is 6.78. The fourth-order valence-electron chi connectivity index (χ4n) is 3.58. The zero-order chi connectivity index (χ0) is 18.9. The van der Waals surface area contributed by atoms with Gasteiger partial charge >= 0.3 is 0 Å². The summed E-state index contributed by atoms with van der Waals surface area (Å²) in [7, 11) is 0. The number of hydrogen-bond donors (Lipinski definition) is 2. The van der Waals surface area contributed by atoms with Crippen LogP contribution in [-0.4, -0.2) is 46.1 Å². The van der Waals surface area contributed by atoms with Crippen molar-refractivity contribution >= 4 is 38.8 Å². The summed E-state index contributed by atoms with van der Waals surface area (Å²) in [6.45, 7) is 4.44. The first kappa shape index (κ1) is 17.5. The number of H-pyrrole nitrogens is 1. The third kappa shape index (κ3) is 3.32. The van der Waals surface area contributed by atoms with Gasteiger partial charge < -0.3 is 14.8 Å². The summed E-state index contributed by atoms with van der Waals surface area (Å²) in [4.78, 5) is 34.7. The van der Waals surface area contributed by atoms with Crippen molar-refractivity contribution in [3.63, 3.8) is 0 Å². The van der Waals surface area contributed by atoms with Crippen LogP contribution < -0.4 is 15.4 Å². The van der Waals surface area contributed by atoms with E-state index in [1.807, 2.05) is 29.0 Å². The molecule has 1 saturated heterocycles. The van der Waals surface area contributed by atoms with Gasteiger partial charge in [-0.1, -0.05) is 6.07 Å². The smallest absolute Gasteiger partial charge is 0.260 e. The maximum absolute atomic E-state index is 12.7. The molecule has 9 heteroatoms. The molecule has 0 atom stereocenters. The van der Waals surface area contributed by atoms with Gasteiger partial charge in [-0.25, -0.2) is 15.0 Å². The number of quaternary nitrogens is 1. The van der Waals surface area contributed by atoms with Crippen molar-refractivity contribution in [3.8, 4) is 10.4 Å². The molecule has 142 valence electrons. The standard InChI is InChI=1S/C19H18N6OS2/c26-17-16-13(14-3-1-10-27-14)12-28-18(16)23-15(22-17)11-24-6-8-25(9-7-24)19-20-4-2-5-21-19/h1-5,10,12H,6-9,11H2,(H,22,23,26)/p+1. The molecular weight excluding hydrogens is 392 g/mol. The largest absolute Gasteiger partial charge is 0.330 e. The fourth-order valence-corrected chi connectivity index (χ4v) is 5.36. The normalized spacial score (nSPS) is 15.4. The van der Waals surface area contributed by atoms with Crippen molar-refractivity contribution in [1.82, 2.24) is 19.9 Å². The van der Waals surface area contributed by atoms with E-state index in [0.717, 1.165) is 59.8 Å². The van der Waals surface area contributed by atoms with Gasteiger partial charge in [0.15, 0.2) is 5.82 Å². The molecule has 0 saturated carbocycles.